The van der Waals surface area contributed by atoms with Gasteiger partial charge in [-0.1, -0.05) is 32.9 Å². The lowest BCUT2D eigenvalue weighted by Crippen LogP contribution is -2.43. The van der Waals surface area contributed by atoms with Crippen LogP contribution in [0.1, 0.15) is 64.6 Å². The van der Waals surface area contributed by atoms with Crippen molar-refractivity contribution in [2.45, 2.75) is 71.4 Å². The lowest BCUT2D eigenvalue weighted by molar-refractivity contribution is -0.290. The van der Waals surface area contributed by atoms with Crippen LogP contribution in [0.3, 0.4) is 0 Å². The van der Waals surface area contributed by atoms with E-state index in [9.17, 15) is 12.8 Å². The van der Waals surface area contributed by atoms with E-state index in [-0.39, 0.29) is 29.9 Å². The van der Waals surface area contributed by atoms with E-state index in [0.29, 0.717) is 17.0 Å². The van der Waals surface area contributed by atoms with Gasteiger partial charge in [0.25, 0.3) is 0 Å². The van der Waals surface area contributed by atoms with Gasteiger partial charge in [-0.05, 0) is 50.5 Å². The second kappa shape index (κ2) is 10.1. The molecule has 1 fully saturated rings. The highest BCUT2D eigenvalue weighted by Crippen LogP contribution is 2.33. The van der Waals surface area contributed by atoms with Gasteiger partial charge >= 0.3 is 0 Å². The number of benzene rings is 1. The third-order valence-electron chi connectivity index (χ3n) is 5.72. The molecule has 0 radical (unpaired) electrons. The molecule has 1 aliphatic rings. The third-order valence-corrected chi connectivity index (χ3v) is 6.88. The molecule has 186 valence electrons. The van der Waals surface area contributed by atoms with Crippen molar-refractivity contribution in [1.29, 1.82) is 0 Å². The molecule has 1 saturated heterocycles. The zero-order valence-electron chi connectivity index (χ0n) is 20.9. The van der Waals surface area contributed by atoms with Gasteiger partial charge in [0.15, 0.2) is 5.79 Å². The van der Waals surface area contributed by atoms with Crippen LogP contribution in [0.25, 0.3) is 17.3 Å². The van der Waals surface area contributed by atoms with E-state index in [2.05, 4.69) is 16.9 Å². The Hall–Kier alpha value is -2.36. The fraction of sp³-hybridized carbons (Fsp3) is 0.520. The van der Waals surface area contributed by atoms with Gasteiger partial charge in [0.2, 0.25) is 16.0 Å². The molecule has 2 atom stereocenters. The average molecular weight is 492 g/mol. The fourth-order valence-corrected chi connectivity index (χ4v) is 4.29. The molecule has 0 amide bonds. The van der Waals surface area contributed by atoms with E-state index in [1.165, 1.54) is 19.2 Å². The van der Waals surface area contributed by atoms with Crippen LogP contribution in [0.5, 0.6) is 0 Å². The number of halogens is 1. The molecule has 34 heavy (non-hydrogen) atoms. The molecule has 2 heterocycles. The van der Waals surface area contributed by atoms with Crippen LogP contribution in [0.2, 0.25) is 0 Å². The van der Waals surface area contributed by atoms with Crippen LogP contribution < -0.4 is 4.31 Å². The molecule has 7 nitrogen and oxygen atoms in total. The second-order valence-electron chi connectivity index (χ2n) is 9.36. The number of nitrogens with zero attached hydrogens (tertiary/aromatic N) is 3. The number of anilines is 1. The van der Waals surface area contributed by atoms with Crippen LogP contribution in [0.4, 0.5) is 10.3 Å². The van der Waals surface area contributed by atoms with Crippen molar-refractivity contribution < 1.29 is 22.3 Å². The molecule has 2 unspecified atom stereocenters. The van der Waals surface area contributed by atoms with Gasteiger partial charge in [0, 0.05) is 24.6 Å². The molecule has 9 heteroatoms. The Morgan fingerprint density at radius 3 is 2.41 bits per heavy atom. The van der Waals surface area contributed by atoms with Gasteiger partial charge in [0.05, 0.1) is 29.9 Å². The first-order valence-electron chi connectivity index (χ1n) is 11.5. The summed E-state index contributed by atoms with van der Waals surface area (Å²) in [5, 5.41) is 0. The summed E-state index contributed by atoms with van der Waals surface area (Å²) in [6.07, 6.45) is 6.52. The van der Waals surface area contributed by atoms with Gasteiger partial charge in [-0.3, -0.25) is 0 Å². The maximum Gasteiger partial charge on any atom is 0.239 e. The van der Waals surface area contributed by atoms with Crippen molar-refractivity contribution >= 4 is 22.0 Å². The normalized spacial score (nSPS) is 20.7. The smallest absolute Gasteiger partial charge is 0.239 e. The topological polar surface area (TPSA) is 81.6 Å². The van der Waals surface area contributed by atoms with Crippen molar-refractivity contribution in [2.75, 3.05) is 17.6 Å². The first kappa shape index (κ1) is 26.2. The first-order chi connectivity index (χ1) is 15.8. The second-order valence-corrected chi connectivity index (χ2v) is 11.4. The molecule has 0 spiro atoms. The van der Waals surface area contributed by atoms with E-state index in [1.54, 1.807) is 12.1 Å². The minimum absolute atomic E-state index is 0.0241. The summed E-state index contributed by atoms with van der Waals surface area (Å²) in [4.78, 5) is 9.21. The summed E-state index contributed by atoms with van der Waals surface area (Å²) >= 11 is 0. The lowest BCUT2D eigenvalue weighted by Gasteiger charge is -2.39. The van der Waals surface area contributed by atoms with Crippen molar-refractivity contribution in [1.82, 2.24) is 9.97 Å². The Morgan fingerprint density at radius 1 is 1.21 bits per heavy atom. The Kier molecular flexibility index (Phi) is 7.79. The van der Waals surface area contributed by atoms with E-state index in [0.717, 1.165) is 29.0 Å². The van der Waals surface area contributed by atoms with E-state index >= 15 is 0 Å². The van der Waals surface area contributed by atoms with Crippen molar-refractivity contribution in [3.05, 3.63) is 47.4 Å². The third kappa shape index (κ3) is 6.20. The van der Waals surface area contributed by atoms with Gasteiger partial charge in [-0.15, -0.1) is 0 Å². The lowest BCUT2D eigenvalue weighted by atomic mass is 9.97. The van der Waals surface area contributed by atoms with Crippen LogP contribution in [-0.2, 0) is 19.5 Å². The Morgan fingerprint density at radius 2 is 1.85 bits per heavy atom. The molecule has 0 aliphatic carbocycles. The highest BCUT2D eigenvalue weighted by Gasteiger charge is 2.33. The number of hydrogen-bond donors (Lipinski definition) is 0. The summed E-state index contributed by atoms with van der Waals surface area (Å²) in [6.45, 7) is 9.86. The maximum absolute atomic E-state index is 13.6. The minimum atomic E-state index is -3.57. The molecular formula is C25H34FN3O4S. The molecule has 1 aromatic heterocycles. The Bertz CT molecular complexity index is 1150. The van der Waals surface area contributed by atoms with Gasteiger partial charge in [0.1, 0.15) is 5.82 Å². The van der Waals surface area contributed by atoms with Gasteiger partial charge in [-0.25, -0.2) is 27.1 Å². The Labute approximate surface area is 202 Å². The SMILES string of the molecule is CCC1CC(/C=C/c2c(-c3ccc(F)cc3)nc(N(C)S(C)(=O)=O)nc2C(C)C)OC(C)(C)O1. The zero-order chi connectivity index (χ0) is 25.3. The standard InChI is InChI=1S/C25H34FN3O4S/c1-8-19-15-20(33-25(4,5)32-19)13-14-21-22(16(2)3)27-24(29(6)34(7,30)31)28-23(21)17-9-11-18(26)12-10-17/h9-14,16,19-20H,8,15H2,1-7H3/b14-13+. The predicted molar refractivity (Wildman–Crippen MR) is 133 cm³/mol. The monoisotopic (exact) mass is 491 g/mol. The first-order valence-corrected chi connectivity index (χ1v) is 13.3. The molecule has 1 aromatic carbocycles. The number of aromatic nitrogens is 2. The maximum atomic E-state index is 13.6. The van der Waals surface area contributed by atoms with Crippen molar-refractivity contribution in [3.8, 4) is 11.3 Å². The Balaban J connectivity index is 2.16. The number of ether oxygens (including phenoxy) is 2. The van der Waals surface area contributed by atoms with Crippen LogP contribution in [-0.4, -0.2) is 49.7 Å². The molecule has 2 aromatic rings. The summed E-state index contributed by atoms with van der Waals surface area (Å²) in [6, 6.07) is 5.97. The molecule has 0 N–H and O–H groups in total. The summed E-state index contributed by atoms with van der Waals surface area (Å²) < 4.78 is 51.2. The number of rotatable bonds is 7. The van der Waals surface area contributed by atoms with E-state index in [4.69, 9.17) is 9.47 Å². The minimum Gasteiger partial charge on any atom is -0.347 e. The predicted octanol–water partition coefficient (Wildman–Crippen LogP) is 5.14. The van der Waals surface area contributed by atoms with Gasteiger partial charge < -0.3 is 9.47 Å². The summed E-state index contributed by atoms with van der Waals surface area (Å²) in [7, 11) is -2.15. The largest absolute Gasteiger partial charge is 0.347 e. The van der Waals surface area contributed by atoms with Crippen molar-refractivity contribution in [3.63, 3.8) is 0 Å². The zero-order valence-corrected chi connectivity index (χ0v) is 21.7. The molecule has 1 aliphatic heterocycles. The molecule has 3 rings (SSSR count). The average Bonchev–Trinajstić information content (AvgIpc) is 2.75. The quantitative estimate of drug-likeness (QED) is 0.534. The number of sulfonamides is 1. The fourth-order valence-electron chi connectivity index (χ4n) is 3.92. The van der Waals surface area contributed by atoms with Gasteiger partial charge in [-0.2, -0.15) is 0 Å². The highest BCUT2D eigenvalue weighted by atomic mass is 32.2. The van der Waals surface area contributed by atoms with E-state index < -0.39 is 15.8 Å². The molecule has 0 bridgehead atoms. The number of hydrogen-bond acceptors (Lipinski definition) is 6. The van der Waals surface area contributed by atoms with E-state index in [1.807, 2.05) is 39.8 Å². The van der Waals surface area contributed by atoms with Crippen LogP contribution in [0.15, 0.2) is 30.3 Å². The molecular weight excluding hydrogens is 457 g/mol. The highest BCUT2D eigenvalue weighted by molar-refractivity contribution is 7.92. The summed E-state index contributed by atoms with van der Waals surface area (Å²) in [5.41, 5.74) is 2.62. The molecule has 0 saturated carbocycles. The van der Waals surface area contributed by atoms with Crippen molar-refractivity contribution in [2.24, 2.45) is 0 Å². The van der Waals surface area contributed by atoms with Crippen LogP contribution in [0, 0.1) is 5.82 Å². The summed E-state index contributed by atoms with van der Waals surface area (Å²) in [5.74, 6) is -1.02. The van der Waals surface area contributed by atoms with Crippen LogP contribution >= 0.6 is 0 Å².